The zero-order chi connectivity index (χ0) is 30.7. The van der Waals surface area contributed by atoms with Crippen molar-refractivity contribution in [2.45, 2.75) is 38.0 Å². The third-order valence-electron chi connectivity index (χ3n) is 9.23. The number of aliphatic hydroxyl groups excluding tert-OH is 2. The summed E-state index contributed by atoms with van der Waals surface area (Å²) >= 11 is 0. The first-order valence-corrected chi connectivity index (χ1v) is 14.2. The molecule has 0 bridgehead atoms. The highest BCUT2D eigenvalue weighted by atomic mass is 16.3. The van der Waals surface area contributed by atoms with Gasteiger partial charge in [0.25, 0.3) is 5.91 Å². The number of nitrogens with zero attached hydrogens (tertiary/aromatic N) is 2. The number of hydrogen-bond acceptors (Lipinski definition) is 9. The number of carbonyl (C=O) groups excluding carboxylic acids is 2. The fraction of sp³-hybridized carbons (Fsp3) is 0.438. The van der Waals surface area contributed by atoms with Crippen molar-refractivity contribution in [3.63, 3.8) is 0 Å². The Balaban J connectivity index is 1.63. The Labute approximate surface area is 245 Å². The van der Waals surface area contributed by atoms with Gasteiger partial charge in [0.2, 0.25) is 0 Å². The Bertz CT molecular complexity index is 1510. The lowest BCUT2D eigenvalue weighted by Crippen LogP contribution is -2.59. The third kappa shape index (κ3) is 4.68. The summed E-state index contributed by atoms with van der Waals surface area (Å²) in [6.07, 6.45) is 0.712. The maximum Gasteiger partial charge on any atom is 0.251 e. The molecule has 1 amide bonds. The topological polar surface area (TPSA) is 174 Å². The fourth-order valence-electron chi connectivity index (χ4n) is 7.61. The Hall–Kier alpha value is -3.70. The number of phenolic OH excluding ortho intramolecular Hbond substituents is 1. The summed E-state index contributed by atoms with van der Waals surface area (Å²) in [5, 5.41) is 45.3. The van der Waals surface area contributed by atoms with Gasteiger partial charge in [0.1, 0.15) is 22.9 Å². The predicted molar refractivity (Wildman–Crippen MR) is 159 cm³/mol. The van der Waals surface area contributed by atoms with Crippen LogP contribution >= 0.6 is 0 Å². The summed E-state index contributed by atoms with van der Waals surface area (Å²) < 4.78 is 0. The number of fused-ring (bicyclic) bond motifs is 3. The minimum absolute atomic E-state index is 0.122. The standard InChI is InChI=1S/C32H40N4O6/c1-32(42)25-21(27(35(2)3)30(40)26(32)31(34)41)14-18-13-20-19(8-9-22(37)24(20)28(38)23(18)29(25)39)17-7-5-6-16(12-17)15-36(4)11-10-33/h5-9,12,18,21,25,27,37,39-40,42H,10-11,13-15,33H2,1-4H3,(H2,34,41)/t18?,21?,25?,27?,32-/m1/s1. The number of nitrogens with two attached hydrogens (primary N) is 2. The van der Waals surface area contributed by atoms with Crippen molar-refractivity contribution >= 4 is 11.7 Å². The van der Waals surface area contributed by atoms with E-state index in [4.69, 9.17) is 11.5 Å². The molecular weight excluding hydrogens is 536 g/mol. The van der Waals surface area contributed by atoms with Crippen LogP contribution in [-0.2, 0) is 17.8 Å². The first-order chi connectivity index (χ1) is 19.8. The number of carbonyl (C=O) groups is 2. The van der Waals surface area contributed by atoms with Gasteiger partial charge in [-0.05, 0) is 87.1 Å². The van der Waals surface area contributed by atoms with Gasteiger partial charge in [-0.25, -0.2) is 0 Å². The second-order valence-electron chi connectivity index (χ2n) is 12.3. The molecule has 3 aliphatic carbocycles. The molecule has 5 rings (SSSR count). The number of phenols is 1. The number of allylic oxidation sites excluding steroid dienone is 1. The van der Waals surface area contributed by atoms with Crippen LogP contribution in [0.5, 0.6) is 5.75 Å². The number of primary amides is 1. The van der Waals surface area contributed by atoms with E-state index in [1.54, 1.807) is 19.0 Å². The Morgan fingerprint density at radius 2 is 1.81 bits per heavy atom. The van der Waals surface area contributed by atoms with E-state index < -0.39 is 41.1 Å². The Morgan fingerprint density at radius 1 is 1.10 bits per heavy atom. The Morgan fingerprint density at radius 3 is 2.45 bits per heavy atom. The van der Waals surface area contributed by atoms with Gasteiger partial charge < -0.3 is 36.8 Å². The van der Waals surface area contributed by atoms with Crippen LogP contribution in [0.4, 0.5) is 0 Å². The highest BCUT2D eigenvalue weighted by Gasteiger charge is 2.59. The molecule has 0 aromatic heterocycles. The maximum atomic E-state index is 14.1. The zero-order valence-corrected chi connectivity index (χ0v) is 24.5. The molecule has 0 radical (unpaired) electrons. The number of ketones is 1. The molecule has 2 aromatic rings. The molecule has 0 heterocycles. The number of likely N-dealkylation sites (N-methyl/N-ethyl adjacent to an activating group) is 2. The maximum absolute atomic E-state index is 14.1. The van der Waals surface area contributed by atoms with E-state index in [9.17, 15) is 30.0 Å². The largest absolute Gasteiger partial charge is 0.511 e. The number of rotatable bonds is 7. The summed E-state index contributed by atoms with van der Waals surface area (Å²) in [6.45, 7) is 3.34. The molecule has 4 unspecified atom stereocenters. The summed E-state index contributed by atoms with van der Waals surface area (Å²) in [5.74, 6) is -4.37. The summed E-state index contributed by atoms with van der Waals surface area (Å²) in [7, 11) is 5.48. The quantitative estimate of drug-likeness (QED) is 0.289. The van der Waals surface area contributed by atoms with Gasteiger partial charge >= 0.3 is 0 Å². The van der Waals surface area contributed by atoms with Gasteiger partial charge in [-0.3, -0.25) is 14.5 Å². The van der Waals surface area contributed by atoms with Crippen molar-refractivity contribution in [1.82, 2.24) is 9.80 Å². The van der Waals surface area contributed by atoms with E-state index in [2.05, 4.69) is 11.0 Å². The third-order valence-corrected chi connectivity index (χ3v) is 9.23. The minimum atomic E-state index is -2.02. The molecule has 5 atom stereocenters. The van der Waals surface area contributed by atoms with E-state index >= 15 is 0 Å². The summed E-state index contributed by atoms with van der Waals surface area (Å²) in [4.78, 5) is 30.3. The molecule has 0 saturated carbocycles. The predicted octanol–water partition coefficient (Wildman–Crippen LogP) is 2.25. The zero-order valence-electron chi connectivity index (χ0n) is 24.5. The molecule has 10 nitrogen and oxygen atoms in total. The first kappa shape index (κ1) is 29.8. The number of aliphatic hydroxyl groups is 3. The van der Waals surface area contributed by atoms with Crippen molar-refractivity contribution in [2.75, 3.05) is 34.2 Å². The highest BCUT2D eigenvalue weighted by molar-refractivity contribution is 6.14. The van der Waals surface area contributed by atoms with Gasteiger partial charge in [-0.15, -0.1) is 0 Å². The molecule has 0 spiro atoms. The Kier molecular flexibility index (Phi) is 7.69. The van der Waals surface area contributed by atoms with Crippen molar-refractivity contribution in [2.24, 2.45) is 29.2 Å². The minimum Gasteiger partial charge on any atom is -0.511 e. The number of amides is 1. The van der Waals surface area contributed by atoms with Gasteiger partial charge in [-0.1, -0.05) is 24.3 Å². The van der Waals surface area contributed by atoms with Crippen LogP contribution in [0.15, 0.2) is 59.1 Å². The molecular formula is C32H40N4O6. The molecule has 42 heavy (non-hydrogen) atoms. The molecule has 0 aliphatic heterocycles. The normalized spacial score (nSPS) is 27.3. The van der Waals surface area contributed by atoms with Crippen LogP contribution in [0.2, 0.25) is 0 Å². The molecule has 3 aliphatic rings. The van der Waals surface area contributed by atoms with Crippen LogP contribution in [0.25, 0.3) is 11.1 Å². The van der Waals surface area contributed by atoms with Crippen molar-refractivity contribution < 1.29 is 30.0 Å². The second-order valence-corrected chi connectivity index (χ2v) is 12.3. The van der Waals surface area contributed by atoms with E-state index in [1.807, 2.05) is 31.3 Å². The fourth-order valence-corrected chi connectivity index (χ4v) is 7.61. The second kappa shape index (κ2) is 10.9. The van der Waals surface area contributed by atoms with E-state index in [0.29, 0.717) is 31.5 Å². The van der Waals surface area contributed by atoms with Crippen LogP contribution in [0.1, 0.15) is 34.8 Å². The van der Waals surface area contributed by atoms with E-state index in [0.717, 1.165) is 23.2 Å². The van der Waals surface area contributed by atoms with Crippen LogP contribution < -0.4 is 11.5 Å². The van der Waals surface area contributed by atoms with E-state index in [-0.39, 0.29) is 34.0 Å². The lowest BCUT2D eigenvalue weighted by Gasteiger charge is -2.52. The molecule has 224 valence electrons. The average Bonchev–Trinajstić information content (AvgIpc) is 2.87. The van der Waals surface area contributed by atoms with Crippen LogP contribution in [0, 0.1) is 17.8 Å². The van der Waals surface area contributed by atoms with E-state index in [1.165, 1.54) is 13.0 Å². The van der Waals surface area contributed by atoms with Gasteiger partial charge in [0.15, 0.2) is 5.78 Å². The number of benzene rings is 2. The van der Waals surface area contributed by atoms with Crippen LogP contribution in [0.3, 0.4) is 0 Å². The molecule has 0 saturated heterocycles. The number of Topliss-reactive ketones (excluding diaryl/α,β-unsaturated/α-hetero) is 1. The monoisotopic (exact) mass is 576 g/mol. The average molecular weight is 577 g/mol. The van der Waals surface area contributed by atoms with Crippen LogP contribution in [-0.4, -0.2) is 87.8 Å². The lowest BCUT2D eigenvalue weighted by atomic mass is 9.56. The van der Waals surface area contributed by atoms with Crippen molar-refractivity contribution in [1.29, 1.82) is 0 Å². The van der Waals surface area contributed by atoms with Gasteiger partial charge in [-0.2, -0.15) is 0 Å². The number of hydrogen-bond donors (Lipinski definition) is 6. The number of aromatic hydroxyl groups is 1. The lowest BCUT2D eigenvalue weighted by molar-refractivity contribution is -0.120. The summed E-state index contributed by atoms with van der Waals surface area (Å²) in [6, 6.07) is 10.6. The van der Waals surface area contributed by atoms with Gasteiger partial charge in [0, 0.05) is 25.2 Å². The molecule has 0 fully saturated rings. The molecule has 8 N–H and O–H groups in total. The summed E-state index contributed by atoms with van der Waals surface area (Å²) in [5.41, 5.74) is 12.6. The molecule has 10 heteroatoms. The highest BCUT2D eigenvalue weighted by Crippen LogP contribution is 2.55. The van der Waals surface area contributed by atoms with Crippen molar-refractivity contribution in [3.8, 4) is 16.9 Å². The van der Waals surface area contributed by atoms with Crippen molar-refractivity contribution in [3.05, 3.63) is 75.8 Å². The van der Waals surface area contributed by atoms with Gasteiger partial charge in [0.05, 0.1) is 23.1 Å². The SMILES string of the molecule is CN(CCN)Cc1cccc(-c2ccc(O)c3c2CC2CC4C(N(C)C)C(O)=C(C(N)=O)[C@](C)(O)C4C(O)=C2C3=O)c1. The first-order valence-electron chi connectivity index (χ1n) is 14.2. The smallest absolute Gasteiger partial charge is 0.251 e. The molecule has 2 aromatic carbocycles.